The van der Waals surface area contributed by atoms with Crippen molar-refractivity contribution >= 4 is 39.3 Å². The maximum Gasteiger partial charge on any atom is 0.234 e. The number of amides is 1. The number of anilines is 1. The van der Waals surface area contributed by atoms with Gasteiger partial charge in [0.15, 0.2) is 11.0 Å². The molecule has 0 fully saturated rings. The van der Waals surface area contributed by atoms with Crippen molar-refractivity contribution in [3.63, 3.8) is 0 Å². The number of carbonyl (C=O) groups is 1. The number of nitrogens with one attached hydrogen (secondary N) is 1. The van der Waals surface area contributed by atoms with Crippen molar-refractivity contribution < 1.29 is 13.6 Å². The first-order chi connectivity index (χ1) is 15.0. The molecule has 9 heteroatoms. The lowest BCUT2D eigenvalue weighted by Crippen LogP contribution is -2.15. The topological polar surface area (TPSA) is 73.0 Å². The van der Waals surface area contributed by atoms with Gasteiger partial charge in [0.2, 0.25) is 5.91 Å². The number of nitrogens with zero attached hydrogens (tertiary/aromatic N) is 3. The van der Waals surface area contributed by atoms with Gasteiger partial charge in [0.25, 0.3) is 0 Å². The highest BCUT2D eigenvalue weighted by Gasteiger charge is 2.19. The van der Waals surface area contributed by atoms with Crippen LogP contribution >= 0.6 is 27.7 Å². The minimum atomic E-state index is -0.394. The second-order valence-electron chi connectivity index (χ2n) is 6.77. The van der Waals surface area contributed by atoms with Crippen molar-refractivity contribution in [2.45, 2.75) is 18.6 Å². The number of aryl methyl sites for hydroxylation is 1. The SMILES string of the molecule is Cc1ccc(NC(=O)CSc2nnc(-c3ccccc3F)n2Cc2ccco2)c(Br)c1. The van der Waals surface area contributed by atoms with Gasteiger partial charge in [-0.3, -0.25) is 9.36 Å². The molecule has 0 radical (unpaired) electrons. The number of carbonyl (C=O) groups excluding carboxylic acids is 1. The van der Waals surface area contributed by atoms with Crippen LogP contribution in [-0.2, 0) is 11.3 Å². The van der Waals surface area contributed by atoms with Gasteiger partial charge < -0.3 is 9.73 Å². The molecule has 2 aromatic heterocycles. The summed E-state index contributed by atoms with van der Waals surface area (Å²) in [5.74, 6) is 0.586. The second-order valence-corrected chi connectivity index (χ2v) is 8.57. The van der Waals surface area contributed by atoms with Gasteiger partial charge in [-0.05, 0) is 64.8 Å². The number of furan rings is 1. The molecule has 2 aromatic carbocycles. The van der Waals surface area contributed by atoms with E-state index in [2.05, 4.69) is 31.4 Å². The van der Waals surface area contributed by atoms with E-state index >= 15 is 0 Å². The summed E-state index contributed by atoms with van der Waals surface area (Å²) in [5, 5.41) is 11.8. The van der Waals surface area contributed by atoms with Crippen molar-refractivity contribution in [1.29, 1.82) is 0 Å². The van der Waals surface area contributed by atoms with E-state index in [-0.39, 0.29) is 11.7 Å². The Morgan fingerprint density at radius 3 is 2.77 bits per heavy atom. The molecule has 4 aromatic rings. The minimum Gasteiger partial charge on any atom is -0.467 e. The third kappa shape index (κ3) is 5.05. The Kier molecular flexibility index (Phi) is 6.53. The van der Waals surface area contributed by atoms with Gasteiger partial charge in [-0.2, -0.15) is 0 Å². The van der Waals surface area contributed by atoms with E-state index in [0.717, 1.165) is 10.0 Å². The lowest BCUT2D eigenvalue weighted by molar-refractivity contribution is -0.113. The van der Waals surface area contributed by atoms with Crippen molar-refractivity contribution in [2.24, 2.45) is 0 Å². The molecule has 2 heterocycles. The summed E-state index contributed by atoms with van der Waals surface area (Å²) in [6, 6.07) is 15.7. The molecule has 0 bridgehead atoms. The van der Waals surface area contributed by atoms with Crippen molar-refractivity contribution in [3.05, 3.63) is 82.5 Å². The van der Waals surface area contributed by atoms with Crippen LogP contribution < -0.4 is 5.32 Å². The highest BCUT2D eigenvalue weighted by atomic mass is 79.9. The highest BCUT2D eigenvalue weighted by molar-refractivity contribution is 9.10. The van der Waals surface area contributed by atoms with Crippen LogP contribution in [0.25, 0.3) is 11.4 Å². The number of rotatable bonds is 7. The van der Waals surface area contributed by atoms with E-state index in [9.17, 15) is 9.18 Å². The smallest absolute Gasteiger partial charge is 0.234 e. The molecule has 0 aliphatic heterocycles. The number of thioether (sulfide) groups is 1. The zero-order valence-electron chi connectivity index (χ0n) is 16.5. The molecule has 6 nitrogen and oxygen atoms in total. The normalized spacial score (nSPS) is 10.9. The van der Waals surface area contributed by atoms with Crippen LogP contribution in [0.1, 0.15) is 11.3 Å². The third-order valence-electron chi connectivity index (χ3n) is 4.46. The Morgan fingerprint density at radius 1 is 1.19 bits per heavy atom. The fourth-order valence-electron chi connectivity index (χ4n) is 2.98. The summed E-state index contributed by atoms with van der Waals surface area (Å²) < 4.78 is 22.4. The van der Waals surface area contributed by atoms with E-state index < -0.39 is 5.82 Å². The van der Waals surface area contributed by atoms with Gasteiger partial charge in [-0.25, -0.2) is 4.39 Å². The van der Waals surface area contributed by atoms with Gasteiger partial charge in [0.1, 0.15) is 11.6 Å². The van der Waals surface area contributed by atoms with Crippen molar-refractivity contribution in [2.75, 3.05) is 11.1 Å². The third-order valence-corrected chi connectivity index (χ3v) is 6.08. The van der Waals surface area contributed by atoms with E-state index in [1.54, 1.807) is 35.1 Å². The van der Waals surface area contributed by atoms with Gasteiger partial charge in [-0.1, -0.05) is 30.0 Å². The summed E-state index contributed by atoms with van der Waals surface area (Å²) in [6.07, 6.45) is 1.57. The summed E-state index contributed by atoms with van der Waals surface area (Å²) in [6.45, 7) is 2.29. The lowest BCUT2D eigenvalue weighted by atomic mass is 10.2. The average Bonchev–Trinajstić information content (AvgIpc) is 3.40. The molecule has 4 rings (SSSR count). The second kappa shape index (κ2) is 9.49. The molecule has 1 amide bonds. The average molecular weight is 501 g/mol. The molecule has 31 heavy (non-hydrogen) atoms. The number of hydrogen-bond acceptors (Lipinski definition) is 5. The predicted octanol–water partition coefficient (Wildman–Crippen LogP) is 5.53. The first-order valence-corrected chi connectivity index (χ1v) is 11.2. The van der Waals surface area contributed by atoms with Crippen LogP contribution in [0.4, 0.5) is 10.1 Å². The van der Waals surface area contributed by atoms with Gasteiger partial charge in [0, 0.05) is 4.47 Å². The van der Waals surface area contributed by atoms with Crippen LogP contribution in [0, 0.1) is 12.7 Å². The maximum atomic E-state index is 14.4. The Labute approximate surface area is 191 Å². The van der Waals surface area contributed by atoms with Crippen LogP contribution in [0.15, 0.2) is 74.9 Å². The fourth-order valence-corrected chi connectivity index (χ4v) is 4.31. The van der Waals surface area contributed by atoms with E-state index in [0.29, 0.717) is 34.5 Å². The van der Waals surface area contributed by atoms with Crippen LogP contribution in [0.5, 0.6) is 0 Å². The largest absolute Gasteiger partial charge is 0.467 e. The number of aromatic nitrogens is 3. The monoisotopic (exact) mass is 500 g/mol. The number of benzene rings is 2. The molecule has 0 unspecified atom stereocenters. The summed E-state index contributed by atoms with van der Waals surface area (Å²) in [5.41, 5.74) is 2.12. The lowest BCUT2D eigenvalue weighted by Gasteiger charge is -2.10. The minimum absolute atomic E-state index is 0.119. The molecular weight excluding hydrogens is 483 g/mol. The maximum absolute atomic E-state index is 14.4. The highest BCUT2D eigenvalue weighted by Crippen LogP contribution is 2.28. The summed E-state index contributed by atoms with van der Waals surface area (Å²) in [7, 11) is 0. The summed E-state index contributed by atoms with van der Waals surface area (Å²) >= 11 is 4.68. The van der Waals surface area contributed by atoms with Gasteiger partial charge in [0.05, 0.1) is 29.8 Å². The first kappa shape index (κ1) is 21.3. The quantitative estimate of drug-likeness (QED) is 0.338. The van der Waals surface area contributed by atoms with E-state index in [1.807, 2.05) is 31.2 Å². The number of halogens is 2. The Balaban J connectivity index is 1.55. The van der Waals surface area contributed by atoms with Crippen LogP contribution in [0.2, 0.25) is 0 Å². The molecule has 0 atom stereocenters. The Hall–Kier alpha value is -2.91. The van der Waals surface area contributed by atoms with Crippen molar-refractivity contribution in [3.8, 4) is 11.4 Å². The molecule has 158 valence electrons. The molecule has 0 spiro atoms. The molecule has 1 N–H and O–H groups in total. The van der Waals surface area contributed by atoms with E-state index in [1.165, 1.54) is 17.8 Å². The van der Waals surface area contributed by atoms with Crippen molar-refractivity contribution in [1.82, 2.24) is 14.8 Å². The molecule has 0 aliphatic rings. The molecule has 0 aliphatic carbocycles. The number of hydrogen-bond donors (Lipinski definition) is 1. The first-order valence-electron chi connectivity index (χ1n) is 9.40. The van der Waals surface area contributed by atoms with Gasteiger partial charge in [-0.15, -0.1) is 10.2 Å². The Morgan fingerprint density at radius 2 is 2.03 bits per heavy atom. The summed E-state index contributed by atoms with van der Waals surface area (Å²) in [4.78, 5) is 12.5. The molecule has 0 saturated heterocycles. The standard InChI is InChI=1S/C22H18BrFN4O2S/c1-14-8-9-19(17(23)11-14)25-20(29)13-31-22-27-26-21(16-6-2-3-7-18(16)24)28(22)12-15-5-4-10-30-15/h2-11H,12-13H2,1H3,(H,25,29). The molecular formula is C22H18BrFN4O2S. The van der Waals surface area contributed by atoms with Crippen LogP contribution in [-0.4, -0.2) is 26.4 Å². The van der Waals surface area contributed by atoms with Gasteiger partial charge >= 0.3 is 0 Å². The zero-order chi connectivity index (χ0) is 21.8. The molecule has 0 saturated carbocycles. The Bertz CT molecular complexity index is 1210. The fraction of sp³-hybridized carbons (Fsp3) is 0.136. The van der Waals surface area contributed by atoms with Crippen LogP contribution in [0.3, 0.4) is 0 Å². The predicted molar refractivity (Wildman–Crippen MR) is 121 cm³/mol. The zero-order valence-corrected chi connectivity index (χ0v) is 18.9. The van der Waals surface area contributed by atoms with E-state index in [4.69, 9.17) is 4.42 Å².